The molecule has 0 aliphatic rings. The highest BCUT2D eigenvalue weighted by Crippen LogP contribution is 2.11. The molecule has 0 aromatic carbocycles. The molecule has 274 valence electrons. The van der Waals surface area contributed by atoms with Gasteiger partial charge in [0.25, 0.3) is 0 Å². The van der Waals surface area contributed by atoms with Gasteiger partial charge in [0, 0.05) is 12.8 Å². The molecule has 0 aromatic rings. The zero-order valence-electron chi connectivity index (χ0n) is 30.9. The number of carbonyl (C=O) groups excluding carboxylic acids is 3. The Kier molecular flexibility index (Phi) is 29.4. The van der Waals surface area contributed by atoms with Crippen molar-refractivity contribution in [2.45, 2.75) is 135 Å². The van der Waals surface area contributed by atoms with Crippen LogP contribution >= 0.6 is 0 Å². The van der Waals surface area contributed by atoms with Gasteiger partial charge in [0.15, 0.2) is 6.10 Å². The van der Waals surface area contributed by atoms with E-state index in [0.717, 1.165) is 57.8 Å². The summed E-state index contributed by atoms with van der Waals surface area (Å²) in [5.41, 5.74) is 0. The van der Waals surface area contributed by atoms with E-state index in [1.54, 1.807) is 27.2 Å². The van der Waals surface area contributed by atoms with E-state index in [-0.39, 0.29) is 43.1 Å². The van der Waals surface area contributed by atoms with Gasteiger partial charge < -0.3 is 28.6 Å². The summed E-state index contributed by atoms with van der Waals surface area (Å²) in [5.74, 6) is -1.92. The first kappa shape index (κ1) is 45.0. The summed E-state index contributed by atoms with van der Waals surface area (Å²) in [7, 11) is 5.35. The van der Waals surface area contributed by atoms with E-state index >= 15 is 0 Å². The highest BCUT2D eigenvalue weighted by molar-refractivity contribution is 5.71. The number of rotatable bonds is 31. The van der Waals surface area contributed by atoms with Gasteiger partial charge in [-0.05, 0) is 51.4 Å². The van der Waals surface area contributed by atoms with Crippen molar-refractivity contribution in [2.24, 2.45) is 0 Å². The molecule has 0 N–H and O–H groups in total. The lowest BCUT2D eigenvalue weighted by Gasteiger charge is -2.34. The van der Waals surface area contributed by atoms with Gasteiger partial charge >= 0.3 is 11.9 Å². The van der Waals surface area contributed by atoms with E-state index in [2.05, 4.69) is 56.4 Å². The molecular weight excluding hydrogens is 606 g/mol. The summed E-state index contributed by atoms with van der Waals surface area (Å²) in [4.78, 5) is 36.5. The van der Waals surface area contributed by atoms with E-state index in [0.29, 0.717) is 6.42 Å². The number of hydrogen-bond donors (Lipinski definition) is 0. The lowest BCUT2D eigenvalue weighted by atomic mass is 10.1. The van der Waals surface area contributed by atoms with Crippen LogP contribution in [0.3, 0.4) is 0 Å². The number of ether oxygens (including phenoxy) is 3. The standard InChI is InChI=1S/C40H67NO7/c1-6-8-10-12-14-16-17-18-19-20-21-23-24-26-28-30-38(42)47-35-36(34-46-33-32-37(40(44)45)41(3,4)5)48-39(43)31-29-27-25-22-15-13-11-9-7-2/h9,11,14-18,22,27,29,36-37H,6-8,10,12-13,19-21,23-26,28,30-35H2,1-5H3/b11-9+,16-14+,18-17+,22-15+,29-27+. The van der Waals surface area contributed by atoms with Gasteiger partial charge in [-0.1, -0.05) is 113 Å². The first-order valence-corrected chi connectivity index (χ1v) is 18.3. The highest BCUT2D eigenvalue weighted by atomic mass is 16.6. The van der Waals surface area contributed by atoms with E-state index < -0.39 is 24.1 Å². The average Bonchev–Trinajstić information content (AvgIpc) is 3.03. The number of carbonyl (C=O) groups is 3. The predicted octanol–water partition coefficient (Wildman–Crippen LogP) is 7.74. The van der Waals surface area contributed by atoms with Crippen LogP contribution in [0.4, 0.5) is 0 Å². The van der Waals surface area contributed by atoms with E-state index in [4.69, 9.17) is 14.2 Å². The van der Waals surface area contributed by atoms with Crippen LogP contribution in [0.5, 0.6) is 0 Å². The van der Waals surface area contributed by atoms with Crippen molar-refractivity contribution in [2.75, 3.05) is 41.0 Å². The van der Waals surface area contributed by atoms with Crippen molar-refractivity contribution in [3.8, 4) is 0 Å². The predicted molar refractivity (Wildman–Crippen MR) is 194 cm³/mol. The molecule has 2 atom stereocenters. The Bertz CT molecular complexity index is 975. The summed E-state index contributed by atoms with van der Waals surface area (Å²) in [5, 5.41) is 11.5. The van der Waals surface area contributed by atoms with Gasteiger partial charge in [-0.15, -0.1) is 0 Å². The Morgan fingerprint density at radius 1 is 0.688 bits per heavy atom. The van der Waals surface area contributed by atoms with Gasteiger partial charge in [0.05, 0.1) is 46.7 Å². The van der Waals surface area contributed by atoms with Gasteiger partial charge in [0.1, 0.15) is 12.6 Å². The Labute approximate surface area is 292 Å². The topological polar surface area (TPSA) is 102 Å². The second kappa shape index (κ2) is 31.3. The first-order valence-electron chi connectivity index (χ1n) is 18.3. The molecule has 8 heteroatoms. The lowest BCUT2D eigenvalue weighted by Crippen LogP contribution is -2.55. The molecule has 0 radical (unpaired) electrons. The van der Waals surface area contributed by atoms with Crippen LogP contribution in [0.15, 0.2) is 60.8 Å². The fourth-order valence-corrected chi connectivity index (χ4v) is 4.83. The number of quaternary nitrogens is 1. The molecule has 0 amide bonds. The molecule has 0 saturated carbocycles. The molecule has 8 nitrogen and oxygen atoms in total. The Morgan fingerprint density at radius 3 is 1.88 bits per heavy atom. The quantitative estimate of drug-likeness (QED) is 0.0244. The zero-order chi connectivity index (χ0) is 35.7. The minimum atomic E-state index is -1.14. The van der Waals surface area contributed by atoms with Crippen LogP contribution in [0, 0.1) is 0 Å². The Hall–Kier alpha value is -2.97. The van der Waals surface area contributed by atoms with Crippen LogP contribution < -0.4 is 5.11 Å². The monoisotopic (exact) mass is 673 g/mol. The summed E-state index contributed by atoms with van der Waals surface area (Å²) in [6.07, 6.45) is 35.7. The first-order chi connectivity index (χ1) is 23.1. The number of esters is 2. The molecule has 0 rings (SSSR count). The fraction of sp³-hybridized carbons (Fsp3) is 0.675. The SMILES string of the molecule is CC/C=C/C/C=C/C/C=C/CC(=O)OC(COCCC(C(=O)[O-])[N+](C)(C)C)COC(=O)CCCCCCCC/C=C/C=C/CCCCC. The van der Waals surface area contributed by atoms with Crippen LogP contribution in [0.1, 0.15) is 123 Å². The fourth-order valence-electron chi connectivity index (χ4n) is 4.83. The van der Waals surface area contributed by atoms with E-state index in [1.165, 1.54) is 32.1 Å². The van der Waals surface area contributed by atoms with Crippen molar-refractivity contribution >= 4 is 17.9 Å². The minimum Gasteiger partial charge on any atom is -0.544 e. The van der Waals surface area contributed by atoms with E-state index in [1.807, 2.05) is 12.2 Å². The van der Waals surface area contributed by atoms with Crippen molar-refractivity contribution in [3.63, 3.8) is 0 Å². The van der Waals surface area contributed by atoms with Crippen LogP contribution in [0.25, 0.3) is 0 Å². The molecule has 0 aliphatic carbocycles. The lowest BCUT2D eigenvalue weighted by molar-refractivity contribution is -0.889. The Balaban J connectivity index is 4.51. The van der Waals surface area contributed by atoms with Gasteiger partial charge in [-0.25, -0.2) is 0 Å². The second-order valence-electron chi connectivity index (χ2n) is 13.1. The van der Waals surface area contributed by atoms with Crippen molar-refractivity contribution in [1.82, 2.24) is 0 Å². The molecule has 0 aliphatic heterocycles. The molecule has 0 saturated heterocycles. The summed E-state index contributed by atoms with van der Waals surface area (Å²) >= 11 is 0. The third kappa shape index (κ3) is 29.2. The maximum atomic E-state index is 12.5. The molecule has 0 spiro atoms. The summed E-state index contributed by atoms with van der Waals surface area (Å²) < 4.78 is 16.9. The number of unbranched alkanes of at least 4 members (excludes halogenated alkanes) is 9. The number of likely N-dealkylation sites (N-methyl/N-ethyl adjacent to an activating group) is 1. The van der Waals surface area contributed by atoms with E-state index in [9.17, 15) is 19.5 Å². The molecule has 48 heavy (non-hydrogen) atoms. The van der Waals surface area contributed by atoms with Crippen LogP contribution in [-0.4, -0.2) is 75.5 Å². The normalized spacial score (nSPS) is 13.8. The molecule has 0 bridgehead atoms. The van der Waals surface area contributed by atoms with Crippen LogP contribution in [0.2, 0.25) is 0 Å². The Morgan fingerprint density at radius 2 is 1.27 bits per heavy atom. The van der Waals surface area contributed by atoms with Gasteiger partial charge in [0.2, 0.25) is 0 Å². The molecule has 0 aromatic heterocycles. The number of nitrogens with zero attached hydrogens (tertiary/aromatic N) is 1. The zero-order valence-corrected chi connectivity index (χ0v) is 30.9. The van der Waals surface area contributed by atoms with Crippen molar-refractivity contribution in [1.29, 1.82) is 0 Å². The maximum absolute atomic E-state index is 12.5. The number of aliphatic carboxylic acids is 1. The molecule has 0 fully saturated rings. The van der Waals surface area contributed by atoms with Crippen LogP contribution in [-0.2, 0) is 28.6 Å². The smallest absolute Gasteiger partial charge is 0.310 e. The van der Waals surface area contributed by atoms with Gasteiger partial charge in [-0.2, -0.15) is 0 Å². The average molecular weight is 674 g/mol. The molecule has 2 unspecified atom stereocenters. The summed E-state index contributed by atoms with van der Waals surface area (Å²) in [6.45, 7) is 4.35. The number of carboxylic acids is 1. The largest absolute Gasteiger partial charge is 0.544 e. The number of hydrogen-bond acceptors (Lipinski definition) is 7. The maximum Gasteiger partial charge on any atom is 0.310 e. The number of carboxylic acid groups (broad SMARTS) is 1. The van der Waals surface area contributed by atoms with Gasteiger partial charge in [-0.3, -0.25) is 9.59 Å². The number of allylic oxidation sites excluding steroid dienone is 9. The molecular formula is C40H67NO7. The molecule has 0 heterocycles. The highest BCUT2D eigenvalue weighted by Gasteiger charge is 2.25. The minimum absolute atomic E-state index is 0.00189. The summed E-state index contributed by atoms with van der Waals surface area (Å²) in [6, 6.07) is -0.741. The second-order valence-corrected chi connectivity index (χ2v) is 13.1. The third-order valence-corrected chi connectivity index (χ3v) is 7.70. The van der Waals surface area contributed by atoms with Crippen molar-refractivity contribution < 1.29 is 38.2 Å². The third-order valence-electron chi connectivity index (χ3n) is 7.70. The van der Waals surface area contributed by atoms with Crippen molar-refractivity contribution in [3.05, 3.63) is 60.8 Å².